The van der Waals surface area contributed by atoms with E-state index in [4.69, 9.17) is 9.90 Å². The first-order valence-electron chi connectivity index (χ1n) is 10.9. The number of benzene rings is 1. The number of hydrogen-bond donors (Lipinski definition) is 4. The predicted octanol–water partition coefficient (Wildman–Crippen LogP) is 3.81. The zero-order chi connectivity index (χ0) is 26.3. The number of nitrogens with zero attached hydrogens (tertiary/aromatic N) is 1. The van der Waals surface area contributed by atoms with Crippen molar-refractivity contribution in [1.29, 1.82) is 0 Å². The van der Waals surface area contributed by atoms with E-state index in [1.807, 2.05) is 49.4 Å². The van der Waals surface area contributed by atoms with Crippen LogP contribution in [0.5, 0.6) is 0 Å². The van der Waals surface area contributed by atoms with E-state index in [2.05, 4.69) is 20.6 Å². The highest BCUT2D eigenvalue weighted by Crippen LogP contribution is 2.27. The third kappa shape index (κ3) is 6.81. The maximum absolute atomic E-state index is 12.0. The monoisotopic (exact) mass is 500 g/mol. The summed E-state index contributed by atoms with van der Waals surface area (Å²) in [7, 11) is 0. The zero-order valence-corrected chi connectivity index (χ0v) is 19.1. The SMILES string of the molecule is CCNC(=O)/C=C/c1cccc(-c2cc(-c3cc4c([nH]3)CCNC4=O)ccn2)c1.O=C(O)C(F)(F)F. The Kier molecular flexibility index (Phi) is 8.26. The summed E-state index contributed by atoms with van der Waals surface area (Å²) in [6.07, 6.45) is 0.803. The number of aromatic nitrogens is 2. The number of fused-ring (bicyclic) bond motifs is 1. The lowest BCUT2D eigenvalue weighted by molar-refractivity contribution is -0.192. The Bertz CT molecular complexity index is 1300. The van der Waals surface area contributed by atoms with Crippen molar-refractivity contribution in [3.8, 4) is 22.5 Å². The molecule has 0 fully saturated rings. The van der Waals surface area contributed by atoms with Gasteiger partial charge in [0.2, 0.25) is 5.91 Å². The van der Waals surface area contributed by atoms with Gasteiger partial charge >= 0.3 is 12.1 Å². The molecule has 3 heterocycles. The van der Waals surface area contributed by atoms with E-state index in [0.717, 1.165) is 40.2 Å². The Morgan fingerprint density at radius 3 is 2.58 bits per heavy atom. The van der Waals surface area contributed by atoms with Crippen LogP contribution in [0, 0.1) is 0 Å². The molecule has 0 aliphatic carbocycles. The molecule has 1 aliphatic heterocycles. The van der Waals surface area contributed by atoms with Crippen LogP contribution < -0.4 is 10.6 Å². The molecule has 0 saturated heterocycles. The van der Waals surface area contributed by atoms with Gasteiger partial charge in [-0.15, -0.1) is 0 Å². The average molecular weight is 500 g/mol. The molecule has 8 nitrogen and oxygen atoms in total. The minimum Gasteiger partial charge on any atom is -0.475 e. The second-order valence-corrected chi connectivity index (χ2v) is 7.67. The molecule has 0 unspecified atom stereocenters. The molecule has 11 heteroatoms. The van der Waals surface area contributed by atoms with Gasteiger partial charge in [0.05, 0.1) is 11.3 Å². The zero-order valence-electron chi connectivity index (χ0n) is 19.1. The predicted molar refractivity (Wildman–Crippen MR) is 127 cm³/mol. The van der Waals surface area contributed by atoms with Gasteiger partial charge < -0.3 is 20.7 Å². The van der Waals surface area contributed by atoms with Gasteiger partial charge in [-0.1, -0.05) is 18.2 Å². The van der Waals surface area contributed by atoms with Gasteiger partial charge in [0, 0.05) is 54.3 Å². The summed E-state index contributed by atoms with van der Waals surface area (Å²) < 4.78 is 31.7. The summed E-state index contributed by atoms with van der Waals surface area (Å²) in [5.41, 5.74) is 6.27. The topological polar surface area (TPSA) is 124 Å². The number of alkyl halides is 3. The van der Waals surface area contributed by atoms with E-state index in [9.17, 15) is 22.8 Å². The molecule has 0 atom stereocenters. The molecule has 188 valence electrons. The highest BCUT2D eigenvalue weighted by molar-refractivity contribution is 5.98. The molecule has 2 aromatic heterocycles. The van der Waals surface area contributed by atoms with Gasteiger partial charge in [-0.3, -0.25) is 14.6 Å². The fourth-order valence-electron chi connectivity index (χ4n) is 3.41. The van der Waals surface area contributed by atoms with Crippen LogP contribution in [-0.2, 0) is 16.0 Å². The lowest BCUT2D eigenvalue weighted by atomic mass is 10.0. The summed E-state index contributed by atoms with van der Waals surface area (Å²) in [5.74, 6) is -2.90. The van der Waals surface area contributed by atoms with E-state index in [1.54, 1.807) is 12.3 Å². The van der Waals surface area contributed by atoms with Crippen molar-refractivity contribution in [1.82, 2.24) is 20.6 Å². The molecule has 0 radical (unpaired) electrons. The number of carboxylic acid groups (broad SMARTS) is 1. The Morgan fingerprint density at radius 1 is 1.17 bits per heavy atom. The molecule has 4 N–H and O–H groups in total. The van der Waals surface area contributed by atoms with Crippen molar-refractivity contribution in [3.63, 3.8) is 0 Å². The van der Waals surface area contributed by atoms with Gasteiger partial charge in [-0.05, 0) is 42.8 Å². The van der Waals surface area contributed by atoms with Gasteiger partial charge in [-0.25, -0.2) is 4.79 Å². The molecule has 36 heavy (non-hydrogen) atoms. The fraction of sp³-hybridized carbons (Fsp3) is 0.200. The number of pyridine rings is 1. The van der Waals surface area contributed by atoms with E-state index in [0.29, 0.717) is 18.7 Å². The number of carbonyl (C=O) groups is 3. The number of carbonyl (C=O) groups excluding carboxylic acids is 2. The molecular formula is C25H23F3N4O4. The second-order valence-electron chi connectivity index (χ2n) is 7.67. The highest BCUT2D eigenvalue weighted by atomic mass is 19.4. The smallest absolute Gasteiger partial charge is 0.475 e. The minimum absolute atomic E-state index is 0.0328. The largest absolute Gasteiger partial charge is 0.490 e. The van der Waals surface area contributed by atoms with E-state index in [-0.39, 0.29) is 11.8 Å². The number of aliphatic carboxylic acids is 1. The quantitative estimate of drug-likeness (QED) is 0.397. The average Bonchev–Trinajstić information content (AvgIpc) is 3.29. The standard InChI is InChI=1S/C23H22N4O2.C2HF3O2/c1-2-24-22(28)7-6-15-4-3-5-16(12-15)20-13-17(8-10-25-20)21-14-18-19(27-21)9-11-26-23(18)29;3-2(4,5)1(6)7/h3-8,10,12-14,27H,2,9,11H2,1H3,(H,24,28)(H,26,29);(H,6,7)/b7-6+;. The van der Waals surface area contributed by atoms with Gasteiger partial charge in [0.25, 0.3) is 5.91 Å². The number of H-pyrrole nitrogens is 1. The first-order chi connectivity index (χ1) is 17.1. The lowest BCUT2D eigenvalue weighted by Crippen LogP contribution is -2.31. The van der Waals surface area contributed by atoms with Crippen molar-refractivity contribution in [2.24, 2.45) is 0 Å². The number of nitrogens with one attached hydrogen (secondary N) is 3. The van der Waals surface area contributed by atoms with Crippen molar-refractivity contribution in [2.75, 3.05) is 13.1 Å². The second kappa shape index (κ2) is 11.3. The molecule has 1 aromatic carbocycles. The summed E-state index contributed by atoms with van der Waals surface area (Å²) in [5, 5.41) is 12.7. The summed E-state index contributed by atoms with van der Waals surface area (Å²) in [6.45, 7) is 3.14. The van der Waals surface area contributed by atoms with Crippen LogP contribution >= 0.6 is 0 Å². The third-order valence-corrected chi connectivity index (χ3v) is 5.08. The van der Waals surface area contributed by atoms with Gasteiger partial charge in [0.1, 0.15) is 0 Å². The van der Waals surface area contributed by atoms with Crippen LogP contribution in [0.25, 0.3) is 28.6 Å². The number of likely N-dealkylation sites (N-methyl/N-ethyl adjacent to an activating group) is 1. The highest BCUT2D eigenvalue weighted by Gasteiger charge is 2.38. The normalized spacial score (nSPS) is 12.8. The number of halogens is 3. The van der Waals surface area contributed by atoms with E-state index < -0.39 is 12.1 Å². The van der Waals surface area contributed by atoms with Crippen LogP contribution in [0.1, 0.15) is 28.5 Å². The first kappa shape index (κ1) is 26.2. The van der Waals surface area contributed by atoms with Crippen LogP contribution in [0.15, 0.2) is 54.7 Å². The van der Waals surface area contributed by atoms with E-state index in [1.165, 1.54) is 6.08 Å². The summed E-state index contributed by atoms with van der Waals surface area (Å²) in [6, 6.07) is 13.7. The Labute approximate surface area is 204 Å². The fourth-order valence-corrected chi connectivity index (χ4v) is 3.41. The van der Waals surface area contributed by atoms with Crippen molar-refractivity contribution < 1.29 is 32.7 Å². The van der Waals surface area contributed by atoms with Crippen molar-refractivity contribution in [2.45, 2.75) is 19.5 Å². The Hall–Kier alpha value is -4.41. The Morgan fingerprint density at radius 2 is 1.92 bits per heavy atom. The van der Waals surface area contributed by atoms with Gasteiger partial charge in [-0.2, -0.15) is 13.2 Å². The van der Waals surface area contributed by atoms with Crippen molar-refractivity contribution in [3.05, 3.63) is 71.6 Å². The van der Waals surface area contributed by atoms with Crippen LogP contribution in [0.2, 0.25) is 0 Å². The maximum Gasteiger partial charge on any atom is 0.490 e. The van der Waals surface area contributed by atoms with E-state index >= 15 is 0 Å². The molecule has 4 rings (SSSR count). The maximum atomic E-state index is 12.0. The number of amides is 2. The molecule has 0 bridgehead atoms. The third-order valence-electron chi connectivity index (χ3n) is 5.08. The molecular weight excluding hydrogens is 477 g/mol. The van der Waals surface area contributed by atoms with Crippen LogP contribution in [-0.4, -0.2) is 52.1 Å². The summed E-state index contributed by atoms with van der Waals surface area (Å²) >= 11 is 0. The summed E-state index contributed by atoms with van der Waals surface area (Å²) in [4.78, 5) is 40.4. The van der Waals surface area contributed by atoms with Crippen LogP contribution in [0.3, 0.4) is 0 Å². The van der Waals surface area contributed by atoms with Crippen molar-refractivity contribution >= 4 is 23.9 Å². The Balaban J connectivity index is 0.000000454. The molecule has 2 amide bonds. The number of carboxylic acids is 1. The lowest BCUT2D eigenvalue weighted by Gasteiger charge is -2.11. The minimum atomic E-state index is -5.08. The number of aromatic amines is 1. The van der Waals surface area contributed by atoms with Crippen LogP contribution in [0.4, 0.5) is 13.2 Å². The number of rotatable bonds is 5. The molecule has 0 saturated carbocycles. The molecule has 0 spiro atoms. The molecule has 3 aromatic rings. The number of hydrogen-bond acceptors (Lipinski definition) is 4. The molecule has 1 aliphatic rings. The van der Waals surface area contributed by atoms with Gasteiger partial charge in [0.15, 0.2) is 0 Å². The first-order valence-corrected chi connectivity index (χ1v) is 10.9.